The van der Waals surface area contributed by atoms with Crippen LogP contribution in [0, 0.1) is 17.3 Å². The molecule has 0 bridgehead atoms. The molecular weight excluding hydrogens is 276 g/mol. The third-order valence-corrected chi connectivity index (χ3v) is 4.61. The van der Waals surface area contributed by atoms with E-state index in [4.69, 9.17) is 4.74 Å². The van der Waals surface area contributed by atoms with Gasteiger partial charge in [0, 0.05) is 13.7 Å². The van der Waals surface area contributed by atoms with Gasteiger partial charge in [-0.3, -0.25) is 4.79 Å². The summed E-state index contributed by atoms with van der Waals surface area (Å²) in [7, 11) is 1.68. The van der Waals surface area contributed by atoms with E-state index in [1.165, 1.54) is 5.57 Å². The number of hydrogen-bond acceptors (Lipinski definition) is 2. The first-order chi connectivity index (χ1) is 10.5. The molecule has 0 heterocycles. The number of aliphatic carboxylic acids is 1. The molecule has 0 aromatic rings. The van der Waals surface area contributed by atoms with Crippen LogP contribution in [-0.4, -0.2) is 24.8 Å². The summed E-state index contributed by atoms with van der Waals surface area (Å²) in [6, 6.07) is 0. The monoisotopic (exact) mass is 308 g/mol. The third kappa shape index (κ3) is 4.98. The van der Waals surface area contributed by atoms with E-state index < -0.39 is 11.4 Å². The van der Waals surface area contributed by atoms with Crippen molar-refractivity contribution in [3.8, 4) is 0 Å². The minimum atomic E-state index is -0.759. The molecule has 1 aliphatic rings. The Labute approximate surface area is 135 Å². The molecule has 3 nitrogen and oxygen atoms in total. The van der Waals surface area contributed by atoms with E-state index in [0.717, 1.165) is 32.1 Å². The SMILES string of the molecule is CCCC1=CC(CCOC)C(CCCC(C)C)(C(=O)O)C=C1. The fourth-order valence-electron chi connectivity index (χ4n) is 3.29. The van der Waals surface area contributed by atoms with Gasteiger partial charge in [-0.2, -0.15) is 0 Å². The predicted octanol–water partition coefficient (Wildman–Crippen LogP) is 4.83. The molecule has 0 spiro atoms. The van der Waals surface area contributed by atoms with Crippen LogP contribution in [0.3, 0.4) is 0 Å². The molecule has 0 fully saturated rings. The van der Waals surface area contributed by atoms with Crippen LogP contribution in [0.1, 0.15) is 59.3 Å². The first kappa shape index (κ1) is 19.0. The number of carbonyl (C=O) groups is 1. The number of hydrogen-bond donors (Lipinski definition) is 1. The second-order valence-electron chi connectivity index (χ2n) is 6.84. The molecular formula is C19H32O3. The van der Waals surface area contributed by atoms with Crippen molar-refractivity contribution in [3.05, 3.63) is 23.8 Å². The van der Waals surface area contributed by atoms with E-state index in [-0.39, 0.29) is 5.92 Å². The topological polar surface area (TPSA) is 46.5 Å². The van der Waals surface area contributed by atoms with Crippen molar-refractivity contribution in [1.29, 1.82) is 0 Å². The summed E-state index contributed by atoms with van der Waals surface area (Å²) in [6.07, 6.45) is 11.8. The van der Waals surface area contributed by atoms with Gasteiger partial charge < -0.3 is 9.84 Å². The van der Waals surface area contributed by atoms with E-state index >= 15 is 0 Å². The van der Waals surface area contributed by atoms with Crippen molar-refractivity contribution in [2.75, 3.05) is 13.7 Å². The van der Waals surface area contributed by atoms with Crippen molar-refractivity contribution >= 4 is 5.97 Å². The Bertz CT molecular complexity index is 409. The van der Waals surface area contributed by atoms with Crippen LogP contribution in [0.5, 0.6) is 0 Å². The zero-order chi connectivity index (χ0) is 16.6. The fourth-order valence-corrected chi connectivity index (χ4v) is 3.29. The molecule has 0 aliphatic heterocycles. The van der Waals surface area contributed by atoms with Gasteiger partial charge in [0.15, 0.2) is 0 Å². The highest BCUT2D eigenvalue weighted by Crippen LogP contribution is 2.43. The van der Waals surface area contributed by atoms with Gasteiger partial charge in [0.1, 0.15) is 0 Å². The Hall–Kier alpha value is -1.09. The fraction of sp³-hybridized carbons (Fsp3) is 0.737. The van der Waals surface area contributed by atoms with Crippen molar-refractivity contribution in [2.24, 2.45) is 17.3 Å². The maximum atomic E-state index is 12.1. The second-order valence-corrected chi connectivity index (χ2v) is 6.84. The molecule has 0 amide bonds. The summed E-state index contributed by atoms with van der Waals surface area (Å²) in [6.45, 7) is 7.13. The van der Waals surface area contributed by atoms with Gasteiger partial charge in [-0.25, -0.2) is 0 Å². The number of allylic oxidation sites excluding steroid dienone is 3. The lowest BCUT2D eigenvalue weighted by atomic mass is 9.67. The average molecular weight is 308 g/mol. The van der Waals surface area contributed by atoms with E-state index in [1.807, 2.05) is 12.2 Å². The van der Waals surface area contributed by atoms with Crippen LogP contribution in [-0.2, 0) is 9.53 Å². The highest BCUT2D eigenvalue weighted by atomic mass is 16.5. The van der Waals surface area contributed by atoms with E-state index in [0.29, 0.717) is 18.9 Å². The molecule has 1 N–H and O–H groups in total. The highest BCUT2D eigenvalue weighted by Gasteiger charge is 2.43. The Balaban J connectivity index is 2.95. The number of carboxylic acid groups (broad SMARTS) is 1. The lowest BCUT2D eigenvalue weighted by molar-refractivity contribution is -0.149. The first-order valence-corrected chi connectivity index (χ1v) is 8.58. The van der Waals surface area contributed by atoms with Crippen LogP contribution in [0.4, 0.5) is 0 Å². The Morgan fingerprint density at radius 3 is 2.73 bits per heavy atom. The molecule has 0 aromatic heterocycles. The molecule has 0 aromatic carbocycles. The minimum Gasteiger partial charge on any atom is -0.481 e. The molecule has 3 heteroatoms. The second kappa shape index (κ2) is 9.14. The summed E-state index contributed by atoms with van der Waals surface area (Å²) in [5.41, 5.74) is 0.509. The van der Waals surface area contributed by atoms with Gasteiger partial charge in [0.25, 0.3) is 0 Å². The van der Waals surface area contributed by atoms with Gasteiger partial charge in [-0.1, -0.05) is 63.8 Å². The number of methoxy groups -OCH3 is 1. The smallest absolute Gasteiger partial charge is 0.314 e. The van der Waals surface area contributed by atoms with Gasteiger partial charge >= 0.3 is 5.97 Å². The quantitative estimate of drug-likeness (QED) is 0.628. The number of ether oxygens (including phenoxy) is 1. The Kier molecular flexibility index (Phi) is 7.88. The maximum absolute atomic E-state index is 12.1. The lowest BCUT2D eigenvalue weighted by Gasteiger charge is -2.36. The average Bonchev–Trinajstić information content (AvgIpc) is 2.46. The molecule has 0 radical (unpaired) electrons. The molecule has 22 heavy (non-hydrogen) atoms. The third-order valence-electron chi connectivity index (χ3n) is 4.61. The summed E-state index contributed by atoms with van der Waals surface area (Å²) in [4.78, 5) is 12.1. The predicted molar refractivity (Wildman–Crippen MR) is 90.9 cm³/mol. The zero-order valence-electron chi connectivity index (χ0n) is 14.6. The normalized spacial score (nSPS) is 24.6. The number of rotatable bonds is 10. The largest absolute Gasteiger partial charge is 0.481 e. The molecule has 2 unspecified atom stereocenters. The maximum Gasteiger partial charge on any atom is 0.314 e. The molecule has 1 rings (SSSR count). The zero-order valence-corrected chi connectivity index (χ0v) is 14.6. The standard InChI is InChI=1S/C19H32O3/c1-5-7-16-9-12-19(18(20)21,11-6-8-15(2)3)17(14-16)10-13-22-4/h9,12,14-15,17H,5-8,10-11,13H2,1-4H3,(H,20,21). The molecule has 126 valence electrons. The Morgan fingerprint density at radius 2 is 2.18 bits per heavy atom. The molecule has 2 atom stereocenters. The first-order valence-electron chi connectivity index (χ1n) is 8.58. The van der Waals surface area contributed by atoms with Crippen LogP contribution in [0.25, 0.3) is 0 Å². The van der Waals surface area contributed by atoms with E-state index in [2.05, 4.69) is 26.8 Å². The molecule has 1 aliphatic carbocycles. The van der Waals surface area contributed by atoms with Crippen LogP contribution in [0.2, 0.25) is 0 Å². The van der Waals surface area contributed by atoms with Gasteiger partial charge in [-0.15, -0.1) is 0 Å². The van der Waals surface area contributed by atoms with Gasteiger partial charge in [-0.05, 0) is 31.1 Å². The Morgan fingerprint density at radius 1 is 1.45 bits per heavy atom. The summed E-state index contributed by atoms with van der Waals surface area (Å²) < 4.78 is 5.21. The van der Waals surface area contributed by atoms with E-state index in [1.54, 1.807) is 7.11 Å². The van der Waals surface area contributed by atoms with E-state index in [9.17, 15) is 9.90 Å². The van der Waals surface area contributed by atoms with Crippen LogP contribution >= 0.6 is 0 Å². The van der Waals surface area contributed by atoms with Crippen LogP contribution in [0.15, 0.2) is 23.8 Å². The van der Waals surface area contributed by atoms with Crippen molar-refractivity contribution in [2.45, 2.75) is 59.3 Å². The van der Waals surface area contributed by atoms with Crippen molar-refractivity contribution in [3.63, 3.8) is 0 Å². The van der Waals surface area contributed by atoms with Gasteiger partial charge in [0.2, 0.25) is 0 Å². The number of carboxylic acids is 1. The summed E-state index contributed by atoms with van der Waals surface area (Å²) in [5, 5.41) is 9.92. The highest BCUT2D eigenvalue weighted by molar-refractivity contribution is 5.78. The lowest BCUT2D eigenvalue weighted by Crippen LogP contribution is -2.38. The molecule has 0 saturated heterocycles. The summed E-state index contributed by atoms with van der Waals surface area (Å²) in [5.74, 6) is -0.0499. The van der Waals surface area contributed by atoms with Crippen molar-refractivity contribution in [1.82, 2.24) is 0 Å². The van der Waals surface area contributed by atoms with Crippen LogP contribution < -0.4 is 0 Å². The van der Waals surface area contributed by atoms with Crippen molar-refractivity contribution < 1.29 is 14.6 Å². The molecule has 0 saturated carbocycles. The summed E-state index contributed by atoms with van der Waals surface area (Å²) >= 11 is 0. The minimum absolute atomic E-state index is 0.0312. The van der Waals surface area contributed by atoms with Gasteiger partial charge in [0.05, 0.1) is 5.41 Å².